The first-order chi connectivity index (χ1) is 30.4. The van der Waals surface area contributed by atoms with Gasteiger partial charge in [-0.2, -0.15) is 9.97 Å². The van der Waals surface area contributed by atoms with Crippen LogP contribution in [0.25, 0.3) is 0 Å². The number of carbonyl (C=O) groups excluding carboxylic acids is 4. The predicted octanol–water partition coefficient (Wildman–Crippen LogP) is -3.61. The van der Waals surface area contributed by atoms with Crippen LogP contribution in [0.5, 0.6) is 0 Å². The summed E-state index contributed by atoms with van der Waals surface area (Å²) in [6, 6.07) is 9.69. The van der Waals surface area contributed by atoms with Gasteiger partial charge in [0.2, 0.25) is 11.9 Å². The second kappa shape index (κ2) is 23.4. The number of amides is 2. The number of nitrogens with zero attached hydrogens (tertiary/aromatic N) is 2. The van der Waals surface area contributed by atoms with Crippen LogP contribution in [-0.4, -0.2) is 154 Å². The molecule has 4 aromatic rings. The number of fused-ring (bicyclic) bond motifs is 2. The van der Waals surface area contributed by atoms with E-state index in [0.29, 0.717) is 60.6 Å². The quantitative estimate of drug-likeness (QED) is 0.0428. The zero-order valence-corrected chi connectivity index (χ0v) is 36.5. The molecule has 0 bridgehead atoms. The molecule has 2 aromatic heterocycles. The topological polar surface area (TPSA) is 429 Å². The number of H-pyrrole nitrogens is 2. The molecule has 16 N–H and O–H groups in total. The number of nitrogen functional groups attached to an aromatic ring is 2. The number of hydrogen-bond donors (Lipinski definition) is 14. The summed E-state index contributed by atoms with van der Waals surface area (Å²) in [4.78, 5) is 105. The van der Waals surface area contributed by atoms with Crippen LogP contribution in [-0.2, 0) is 19.2 Å². The number of anilines is 8. The van der Waals surface area contributed by atoms with E-state index in [1.54, 1.807) is 24.3 Å². The van der Waals surface area contributed by atoms with Gasteiger partial charge in [0.05, 0.1) is 12.1 Å². The maximum absolute atomic E-state index is 12.3. The third-order valence-corrected chi connectivity index (χ3v) is 9.48. The monoisotopic (exact) mass is 928 g/mol. The van der Waals surface area contributed by atoms with E-state index in [9.17, 15) is 48.6 Å². The molecule has 0 fully saturated rings. The second-order valence-electron chi connectivity index (χ2n) is 14.3. The maximum Gasteiger partial charge on any atom is 2.00 e. The number of aromatic amines is 2. The molecule has 2 aliphatic rings. The molecule has 0 spiro atoms. The summed E-state index contributed by atoms with van der Waals surface area (Å²) in [5.41, 5.74) is 12.7. The smallest absolute Gasteiger partial charge is 0.550 e. The van der Waals surface area contributed by atoms with Crippen molar-refractivity contribution in [2.24, 2.45) is 0 Å². The molecule has 0 aliphatic carbocycles. The van der Waals surface area contributed by atoms with Gasteiger partial charge >= 0.3 is 49.7 Å². The van der Waals surface area contributed by atoms with Gasteiger partial charge in [0.25, 0.3) is 22.9 Å². The van der Waals surface area contributed by atoms with E-state index in [0.717, 1.165) is 0 Å². The predicted molar refractivity (Wildman–Crippen MR) is 232 cm³/mol. The number of nitrogens with two attached hydrogens (primary N) is 2. The van der Waals surface area contributed by atoms with E-state index in [-0.39, 0.29) is 96.8 Å². The fraction of sp³-hybridized carbons (Fsp3) is 0.316. The molecule has 2 aromatic carbocycles. The van der Waals surface area contributed by atoms with Crippen LogP contribution in [0, 0.1) is 0 Å². The summed E-state index contributed by atoms with van der Waals surface area (Å²) in [6.45, 7) is 1.90. The fourth-order valence-electron chi connectivity index (χ4n) is 6.18. The van der Waals surface area contributed by atoms with Crippen molar-refractivity contribution in [3.63, 3.8) is 0 Å². The van der Waals surface area contributed by atoms with Gasteiger partial charge in [-0.05, 0) is 74.2 Å². The largest absolute Gasteiger partial charge is 2.00 e. The minimum Gasteiger partial charge on any atom is -0.550 e. The molecule has 26 nitrogen and oxygen atoms in total. The van der Waals surface area contributed by atoms with E-state index in [2.05, 4.69) is 62.5 Å². The van der Waals surface area contributed by atoms with Gasteiger partial charge in [-0.25, -0.2) is 9.59 Å². The zero-order valence-electron chi connectivity index (χ0n) is 34.3. The maximum atomic E-state index is 12.3. The number of carboxylic acids is 4. The minimum atomic E-state index is -1.39. The molecule has 340 valence electrons. The van der Waals surface area contributed by atoms with Crippen molar-refractivity contribution in [1.29, 1.82) is 0 Å². The van der Waals surface area contributed by atoms with Crippen molar-refractivity contribution in [2.45, 2.75) is 49.9 Å². The summed E-state index contributed by atoms with van der Waals surface area (Å²) in [5.74, 6) is -5.89. The van der Waals surface area contributed by atoms with Crippen LogP contribution < -0.4 is 75.3 Å². The summed E-state index contributed by atoms with van der Waals surface area (Å²) in [6.07, 6.45) is -1.52. The number of hydrogen-bond acceptors (Lipinski definition) is 20. The summed E-state index contributed by atoms with van der Waals surface area (Å²) in [5, 5.41) is 62.5. The first-order valence-corrected chi connectivity index (χ1v) is 19.4. The third kappa shape index (κ3) is 14.9. The van der Waals surface area contributed by atoms with Gasteiger partial charge in [0, 0.05) is 60.6 Å². The number of carbonyl (C=O) groups is 6. The number of aromatic nitrogens is 4. The van der Waals surface area contributed by atoms with Crippen LogP contribution in [0.4, 0.5) is 46.3 Å². The fourth-order valence-corrected chi connectivity index (χ4v) is 6.18. The van der Waals surface area contributed by atoms with E-state index in [1.807, 2.05) is 0 Å². The molecule has 0 radical (unpaired) electrons. The van der Waals surface area contributed by atoms with Crippen molar-refractivity contribution in [2.75, 3.05) is 69.5 Å². The third-order valence-electron chi connectivity index (χ3n) is 9.48. The van der Waals surface area contributed by atoms with Gasteiger partial charge in [0.15, 0.2) is 11.6 Å². The molecule has 2 amide bonds. The Morgan fingerprint density at radius 2 is 1.00 bits per heavy atom. The normalized spacial score (nSPS) is 15.2. The Morgan fingerprint density at radius 3 is 1.32 bits per heavy atom. The summed E-state index contributed by atoms with van der Waals surface area (Å²) >= 11 is 0. The number of benzene rings is 2. The number of nitrogens with one attached hydrogen (secondary N) is 10. The second-order valence-corrected chi connectivity index (χ2v) is 14.3. The Hall–Kier alpha value is -7.32. The molecule has 4 atom stereocenters. The molecule has 0 saturated heterocycles. The van der Waals surface area contributed by atoms with Crippen LogP contribution >= 0.6 is 0 Å². The Bertz CT molecular complexity index is 2320. The van der Waals surface area contributed by atoms with Crippen LogP contribution in [0.3, 0.4) is 0 Å². The summed E-state index contributed by atoms with van der Waals surface area (Å²) < 4.78 is 0. The molecule has 2 aliphatic heterocycles. The van der Waals surface area contributed by atoms with Crippen LogP contribution in [0.15, 0.2) is 58.1 Å². The summed E-state index contributed by atoms with van der Waals surface area (Å²) in [7, 11) is 0. The van der Waals surface area contributed by atoms with Gasteiger partial charge in [-0.3, -0.25) is 29.1 Å². The average Bonchev–Trinajstić information content (AvgIpc) is 3.25. The van der Waals surface area contributed by atoms with Crippen molar-refractivity contribution in [3.8, 4) is 0 Å². The average molecular weight is 929 g/mol. The SMILES string of the molecule is Nc1nc2c(c(=O)[nH]1)N[C@H](CNc1ccc(C(=O)N[C@@H](CCC(=O)[O-])C(=O)O)cc1)CN2.Nc1nc2c(c(=O)[nH]1)N[C@H](CNc1ccc(C(=O)N[C@@H](CCC(=O)[O-])C(=O)O)cc1)CN2.[Ca+2]. The Morgan fingerprint density at radius 1 is 0.646 bits per heavy atom. The molecule has 4 heterocycles. The molecular formula is C38H44CaN14O12. The van der Waals surface area contributed by atoms with Crippen LogP contribution in [0.2, 0.25) is 0 Å². The first-order valence-electron chi connectivity index (χ1n) is 19.4. The van der Waals surface area contributed by atoms with Gasteiger partial charge in [-0.15, -0.1) is 0 Å². The van der Waals surface area contributed by atoms with E-state index >= 15 is 0 Å². The number of aliphatic carboxylic acids is 4. The number of rotatable bonds is 18. The molecular weight excluding hydrogens is 885 g/mol. The van der Waals surface area contributed by atoms with Crippen molar-refractivity contribution >= 4 is 120 Å². The molecule has 0 unspecified atom stereocenters. The first kappa shape index (κ1) is 50.3. The Balaban J connectivity index is 0.000000280. The molecule has 0 saturated carbocycles. The van der Waals surface area contributed by atoms with E-state index in [4.69, 9.17) is 21.7 Å². The van der Waals surface area contributed by atoms with Crippen molar-refractivity contribution in [3.05, 3.63) is 80.4 Å². The molecule has 65 heavy (non-hydrogen) atoms. The zero-order chi connectivity index (χ0) is 46.5. The Labute approximate surface area is 397 Å². The van der Waals surface area contributed by atoms with E-state index < -0.39 is 60.6 Å². The minimum absolute atomic E-state index is 0. The molecule has 27 heteroatoms. The number of carboxylic acid groups (broad SMARTS) is 4. The van der Waals surface area contributed by atoms with E-state index in [1.165, 1.54) is 24.3 Å². The standard InChI is InChI=1S/2C19H23N7O6.Ca/c2*20-19-25-15-14(17(30)26-19)23-11(8-22-15)7-21-10-3-1-9(2-4-10)16(29)24-12(18(31)32)5-6-13(27)28;/h2*1-4,11-12,21,23H,5-8H2,(H,24,29)(H,27,28)(H,31,32)(H4,20,22,25,26,30);/q;;+2/p-2/t2*11-,12+;/m11./s1. The van der Waals surface area contributed by atoms with Crippen molar-refractivity contribution in [1.82, 2.24) is 30.6 Å². The van der Waals surface area contributed by atoms with Crippen molar-refractivity contribution < 1.29 is 49.2 Å². The van der Waals surface area contributed by atoms with Crippen LogP contribution in [0.1, 0.15) is 46.4 Å². The Kier molecular flexibility index (Phi) is 18.1. The van der Waals surface area contributed by atoms with Gasteiger partial charge in [0.1, 0.15) is 23.5 Å². The van der Waals surface area contributed by atoms with Gasteiger partial charge < -0.3 is 84.0 Å². The van der Waals surface area contributed by atoms with Gasteiger partial charge in [-0.1, -0.05) is 0 Å². The molecule has 6 rings (SSSR count).